The highest BCUT2D eigenvalue weighted by atomic mass is 19.2. The van der Waals surface area contributed by atoms with E-state index in [0.717, 1.165) is 12.3 Å². The first-order chi connectivity index (χ1) is 19.4. The first-order valence-corrected chi connectivity index (χ1v) is 13.6. The summed E-state index contributed by atoms with van der Waals surface area (Å²) >= 11 is 0. The molecule has 10 heteroatoms. The minimum atomic E-state index is -0.983. The minimum absolute atomic E-state index is 0.0616. The number of esters is 1. The molecule has 3 atom stereocenters. The van der Waals surface area contributed by atoms with Crippen molar-refractivity contribution in [2.75, 3.05) is 19.8 Å². The van der Waals surface area contributed by atoms with Gasteiger partial charge in [0.2, 0.25) is 11.2 Å². The molecular formula is C30H29F2N3O5. The molecule has 4 heterocycles. The maximum atomic E-state index is 15.4. The van der Waals surface area contributed by atoms with E-state index in [1.807, 2.05) is 30.3 Å². The Balaban J connectivity index is 1.48. The normalized spacial score (nSPS) is 21.6. The van der Waals surface area contributed by atoms with Crippen LogP contribution in [0.25, 0.3) is 0 Å². The van der Waals surface area contributed by atoms with Crippen LogP contribution in [0.3, 0.4) is 0 Å². The van der Waals surface area contributed by atoms with Crippen molar-refractivity contribution in [3.63, 3.8) is 0 Å². The number of benzene rings is 2. The monoisotopic (exact) mass is 549 g/mol. The second-order valence-electron chi connectivity index (χ2n) is 10.6. The van der Waals surface area contributed by atoms with E-state index in [2.05, 4.69) is 5.10 Å². The number of carbonyl (C=O) groups excluding carboxylic acids is 2. The van der Waals surface area contributed by atoms with Gasteiger partial charge in [-0.25, -0.2) is 13.5 Å². The number of halogens is 2. The summed E-state index contributed by atoms with van der Waals surface area (Å²) < 4.78 is 42.3. The van der Waals surface area contributed by atoms with E-state index in [-0.39, 0.29) is 29.3 Å². The molecule has 3 aromatic rings. The number of fused-ring (bicyclic) bond motifs is 2. The lowest BCUT2D eigenvalue weighted by molar-refractivity contribution is -0.136. The lowest BCUT2D eigenvalue weighted by Gasteiger charge is -2.42. The Morgan fingerprint density at radius 2 is 1.82 bits per heavy atom. The Morgan fingerprint density at radius 3 is 2.60 bits per heavy atom. The largest absolute Gasteiger partial charge is 0.420 e. The molecule has 2 aromatic carbocycles. The summed E-state index contributed by atoms with van der Waals surface area (Å²) in [7, 11) is 0. The summed E-state index contributed by atoms with van der Waals surface area (Å²) in [4.78, 5) is 41.4. The smallest absolute Gasteiger partial charge is 0.311 e. The SMILES string of the molecule is O=C(CC1CCOCC1)Oc1c2n(ncc1=O)[C@@H](C(c1ccccc1)c1cccc(F)c1F)[C@H]1CCCN1C2=O. The first kappa shape index (κ1) is 26.3. The van der Waals surface area contributed by atoms with Gasteiger partial charge in [-0.15, -0.1) is 0 Å². The highest BCUT2D eigenvalue weighted by molar-refractivity contribution is 5.97. The topological polar surface area (TPSA) is 90.7 Å². The average molecular weight is 550 g/mol. The van der Waals surface area contributed by atoms with Gasteiger partial charge < -0.3 is 14.4 Å². The Labute approximate surface area is 229 Å². The number of rotatable bonds is 6. The van der Waals surface area contributed by atoms with E-state index >= 15 is 4.39 Å². The molecule has 1 amide bonds. The maximum absolute atomic E-state index is 15.4. The summed E-state index contributed by atoms with van der Waals surface area (Å²) in [6.07, 6.45) is 3.83. The average Bonchev–Trinajstić information content (AvgIpc) is 3.45. The van der Waals surface area contributed by atoms with Crippen molar-refractivity contribution in [3.8, 4) is 5.75 Å². The molecular weight excluding hydrogens is 520 g/mol. The van der Waals surface area contributed by atoms with Crippen molar-refractivity contribution < 1.29 is 27.8 Å². The number of amides is 1. The van der Waals surface area contributed by atoms with Crippen LogP contribution >= 0.6 is 0 Å². The summed E-state index contributed by atoms with van der Waals surface area (Å²) in [5, 5.41) is 4.35. The zero-order valence-electron chi connectivity index (χ0n) is 21.8. The van der Waals surface area contributed by atoms with E-state index in [1.54, 1.807) is 4.90 Å². The predicted octanol–water partition coefficient (Wildman–Crippen LogP) is 4.24. The van der Waals surface area contributed by atoms with E-state index in [9.17, 15) is 18.8 Å². The van der Waals surface area contributed by atoms with Crippen LogP contribution in [-0.2, 0) is 9.53 Å². The van der Waals surface area contributed by atoms with Crippen LogP contribution in [0.15, 0.2) is 59.5 Å². The van der Waals surface area contributed by atoms with Gasteiger partial charge >= 0.3 is 5.97 Å². The molecule has 2 fully saturated rings. The van der Waals surface area contributed by atoms with Crippen molar-refractivity contribution in [2.45, 2.75) is 50.1 Å². The molecule has 0 N–H and O–H groups in total. The fourth-order valence-electron chi connectivity index (χ4n) is 6.36. The van der Waals surface area contributed by atoms with Crippen LogP contribution in [-0.4, -0.2) is 52.4 Å². The number of hydrogen-bond acceptors (Lipinski definition) is 6. The molecule has 208 valence electrons. The third-order valence-electron chi connectivity index (χ3n) is 8.24. The minimum Gasteiger partial charge on any atom is -0.420 e. The van der Waals surface area contributed by atoms with E-state index in [1.165, 1.54) is 16.8 Å². The molecule has 1 unspecified atom stereocenters. The molecule has 0 bridgehead atoms. The third-order valence-corrected chi connectivity index (χ3v) is 8.24. The summed E-state index contributed by atoms with van der Waals surface area (Å²) in [5.74, 6) is -4.11. The van der Waals surface area contributed by atoms with Crippen molar-refractivity contribution in [1.29, 1.82) is 0 Å². The standard InChI is InChI=1S/C30H29F2N3O5/c31-21-9-4-8-20(26(21)32)25(19-6-2-1-3-7-19)27-22-10-5-13-34(22)30(38)28-29(23(36)17-33-35(27)28)40-24(37)16-18-11-14-39-15-12-18/h1-4,6-9,17-18,22,25,27H,5,10-16H2/t22-,25?,27-/m1/s1. The molecule has 3 aliphatic rings. The number of nitrogens with zero attached hydrogens (tertiary/aromatic N) is 3. The summed E-state index contributed by atoms with van der Waals surface area (Å²) in [5.41, 5.74) is -0.0251. The van der Waals surface area contributed by atoms with Crippen LogP contribution in [0.4, 0.5) is 8.78 Å². The number of carbonyl (C=O) groups is 2. The zero-order chi connectivity index (χ0) is 27.8. The van der Waals surface area contributed by atoms with Gasteiger partial charge in [-0.05, 0) is 43.2 Å². The van der Waals surface area contributed by atoms with Crippen LogP contribution in [0.1, 0.15) is 65.7 Å². The summed E-state index contributed by atoms with van der Waals surface area (Å²) in [6.45, 7) is 1.53. The molecule has 2 saturated heterocycles. The van der Waals surface area contributed by atoms with E-state index in [0.29, 0.717) is 51.0 Å². The Morgan fingerprint density at radius 1 is 1.05 bits per heavy atom. The molecule has 8 nitrogen and oxygen atoms in total. The first-order valence-electron chi connectivity index (χ1n) is 13.6. The highest BCUT2D eigenvalue weighted by Gasteiger charge is 2.49. The fraction of sp³-hybridized carbons (Fsp3) is 0.400. The van der Waals surface area contributed by atoms with Gasteiger partial charge in [0.1, 0.15) is 0 Å². The fourth-order valence-corrected chi connectivity index (χ4v) is 6.36. The van der Waals surface area contributed by atoms with E-state index < -0.39 is 46.9 Å². The number of aromatic nitrogens is 2. The highest BCUT2D eigenvalue weighted by Crippen LogP contribution is 2.46. The van der Waals surface area contributed by atoms with Crippen LogP contribution < -0.4 is 10.2 Å². The van der Waals surface area contributed by atoms with Crippen molar-refractivity contribution in [3.05, 3.63) is 93.4 Å². The Hall–Kier alpha value is -3.92. The van der Waals surface area contributed by atoms with Crippen molar-refractivity contribution in [1.82, 2.24) is 14.7 Å². The maximum Gasteiger partial charge on any atom is 0.311 e. The molecule has 0 aliphatic carbocycles. The van der Waals surface area contributed by atoms with Gasteiger partial charge in [-0.2, -0.15) is 5.10 Å². The van der Waals surface area contributed by atoms with Gasteiger partial charge in [0.05, 0.1) is 18.3 Å². The Kier molecular flexibility index (Phi) is 7.18. The van der Waals surface area contributed by atoms with Gasteiger partial charge in [-0.3, -0.25) is 14.4 Å². The molecule has 1 aromatic heterocycles. The van der Waals surface area contributed by atoms with Crippen LogP contribution in [0.2, 0.25) is 0 Å². The second kappa shape index (κ2) is 10.9. The Bertz CT molecular complexity index is 1490. The molecule has 3 aliphatic heterocycles. The van der Waals surface area contributed by atoms with Gasteiger partial charge in [0.15, 0.2) is 17.3 Å². The summed E-state index contributed by atoms with van der Waals surface area (Å²) in [6, 6.07) is 12.0. The van der Waals surface area contributed by atoms with Crippen molar-refractivity contribution >= 4 is 11.9 Å². The van der Waals surface area contributed by atoms with Crippen LogP contribution in [0.5, 0.6) is 5.75 Å². The lowest BCUT2D eigenvalue weighted by Crippen LogP contribution is -2.51. The molecule has 0 spiro atoms. The van der Waals surface area contributed by atoms with E-state index in [4.69, 9.17) is 9.47 Å². The molecule has 40 heavy (non-hydrogen) atoms. The number of ether oxygens (including phenoxy) is 2. The molecule has 0 saturated carbocycles. The third kappa shape index (κ3) is 4.70. The molecule has 6 rings (SSSR count). The lowest BCUT2D eigenvalue weighted by atomic mass is 9.79. The number of hydrogen-bond donors (Lipinski definition) is 0. The predicted molar refractivity (Wildman–Crippen MR) is 140 cm³/mol. The quantitative estimate of drug-likeness (QED) is 0.428. The van der Waals surface area contributed by atoms with Gasteiger partial charge in [0.25, 0.3) is 5.91 Å². The van der Waals surface area contributed by atoms with Crippen LogP contribution in [0, 0.1) is 17.6 Å². The van der Waals surface area contributed by atoms with Gasteiger partial charge in [-0.1, -0.05) is 42.5 Å². The second-order valence-corrected chi connectivity index (χ2v) is 10.6. The van der Waals surface area contributed by atoms with Gasteiger partial charge in [0, 0.05) is 37.7 Å². The van der Waals surface area contributed by atoms with Crippen molar-refractivity contribution in [2.24, 2.45) is 5.92 Å². The molecule has 0 radical (unpaired) electrons. The zero-order valence-corrected chi connectivity index (χ0v) is 21.8.